The molecule has 0 spiro atoms. The highest BCUT2D eigenvalue weighted by molar-refractivity contribution is 5.79. The van der Waals surface area contributed by atoms with Crippen LogP contribution in [0, 0.1) is 0 Å². The Morgan fingerprint density at radius 3 is 2.62 bits per heavy atom. The minimum absolute atomic E-state index is 0.209. The molecule has 3 heterocycles. The first kappa shape index (κ1) is 22.1. The number of aromatic nitrogens is 2. The lowest BCUT2D eigenvalue weighted by molar-refractivity contribution is 0.146. The van der Waals surface area contributed by atoms with Crippen molar-refractivity contribution in [1.29, 1.82) is 0 Å². The van der Waals surface area contributed by atoms with Gasteiger partial charge in [-0.3, -0.25) is 9.58 Å². The number of hydrogen-bond acceptors (Lipinski definition) is 4. The summed E-state index contributed by atoms with van der Waals surface area (Å²) in [6, 6.07) is 14.6. The predicted molar refractivity (Wildman–Crippen MR) is 127 cm³/mol. The van der Waals surface area contributed by atoms with Gasteiger partial charge in [-0.25, -0.2) is 4.99 Å². The van der Waals surface area contributed by atoms with E-state index >= 15 is 0 Å². The van der Waals surface area contributed by atoms with Crippen LogP contribution in [-0.2, 0) is 13.1 Å². The summed E-state index contributed by atoms with van der Waals surface area (Å²) in [6.07, 6.45) is 9.38. The van der Waals surface area contributed by atoms with Crippen LogP contribution in [0.5, 0.6) is 0 Å². The molecule has 32 heavy (non-hydrogen) atoms. The van der Waals surface area contributed by atoms with Crippen LogP contribution in [0.3, 0.4) is 0 Å². The second-order valence-electron chi connectivity index (χ2n) is 8.18. The second-order valence-corrected chi connectivity index (χ2v) is 8.18. The maximum atomic E-state index is 5.79. The number of furan rings is 1. The van der Waals surface area contributed by atoms with E-state index in [4.69, 9.17) is 9.41 Å². The van der Waals surface area contributed by atoms with Crippen molar-refractivity contribution in [3.63, 3.8) is 0 Å². The Morgan fingerprint density at radius 1 is 1.06 bits per heavy atom. The van der Waals surface area contributed by atoms with Gasteiger partial charge >= 0.3 is 0 Å². The maximum Gasteiger partial charge on any atom is 0.191 e. The summed E-state index contributed by atoms with van der Waals surface area (Å²) in [5.41, 5.74) is 2.44. The molecular formula is C25H34N6O. The number of guanidine groups is 1. The van der Waals surface area contributed by atoms with Gasteiger partial charge in [-0.1, -0.05) is 30.7 Å². The van der Waals surface area contributed by atoms with E-state index in [2.05, 4.69) is 57.9 Å². The van der Waals surface area contributed by atoms with E-state index in [1.165, 1.54) is 30.4 Å². The van der Waals surface area contributed by atoms with E-state index in [1.54, 1.807) is 6.26 Å². The molecule has 4 rings (SSSR count). The summed E-state index contributed by atoms with van der Waals surface area (Å²) in [7, 11) is 0. The number of piperidine rings is 1. The molecule has 0 aliphatic carbocycles. The van der Waals surface area contributed by atoms with Crippen LogP contribution in [0.25, 0.3) is 0 Å². The number of nitrogens with one attached hydrogen (secondary N) is 2. The Labute approximate surface area is 190 Å². The number of aliphatic imine (C=N–C) groups is 1. The lowest BCUT2D eigenvalue weighted by Gasteiger charge is -2.33. The standard InChI is InChI=1S/C25H34N6O/c1-2-26-25(27-18-21-10-4-5-11-22(21)20-31-16-9-13-29-31)28-19-23(24-12-8-17-32-24)30-14-6-3-7-15-30/h4-5,8-13,16-17,23H,2-3,6-7,14-15,18-20H2,1H3,(H2,26,27,28). The van der Waals surface area contributed by atoms with Gasteiger partial charge in [0.2, 0.25) is 0 Å². The minimum Gasteiger partial charge on any atom is -0.468 e. The third kappa shape index (κ3) is 6.01. The summed E-state index contributed by atoms with van der Waals surface area (Å²) >= 11 is 0. The van der Waals surface area contributed by atoms with Crippen molar-refractivity contribution in [3.05, 3.63) is 78.0 Å². The SMILES string of the molecule is CCNC(=NCc1ccccc1Cn1cccn1)NCC(c1ccco1)N1CCCCC1. The summed E-state index contributed by atoms with van der Waals surface area (Å²) in [5.74, 6) is 1.84. The van der Waals surface area contributed by atoms with Crippen LogP contribution in [0.4, 0.5) is 0 Å². The van der Waals surface area contributed by atoms with Gasteiger partial charge in [0.05, 0.1) is 25.4 Å². The molecule has 1 unspecified atom stereocenters. The van der Waals surface area contributed by atoms with E-state index in [0.29, 0.717) is 6.54 Å². The monoisotopic (exact) mass is 434 g/mol. The fourth-order valence-corrected chi connectivity index (χ4v) is 4.25. The molecule has 1 aliphatic heterocycles. The van der Waals surface area contributed by atoms with Gasteiger partial charge in [-0.2, -0.15) is 5.10 Å². The first-order chi connectivity index (χ1) is 15.8. The Morgan fingerprint density at radius 2 is 1.91 bits per heavy atom. The van der Waals surface area contributed by atoms with E-state index < -0.39 is 0 Å². The van der Waals surface area contributed by atoms with Gasteiger partial charge in [-0.05, 0) is 62.2 Å². The number of hydrogen-bond donors (Lipinski definition) is 2. The Hall–Kier alpha value is -3.06. The van der Waals surface area contributed by atoms with Crippen molar-refractivity contribution < 1.29 is 4.42 Å². The molecule has 0 amide bonds. The fraction of sp³-hybridized carbons (Fsp3) is 0.440. The maximum absolute atomic E-state index is 5.79. The van der Waals surface area contributed by atoms with Gasteiger partial charge in [0.15, 0.2) is 5.96 Å². The van der Waals surface area contributed by atoms with Gasteiger partial charge in [-0.15, -0.1) is 0 Å². The Kier molecular flexibility index (Phi) is 7.98. The first-order valence-electron chi connectivity index (χ1n) is 11.7. The third-order valence-corrected chi connectivity index (χ3v) is 5.93. The molecule has 7 heteroatoms. The molecule has 3 aromatic rings. The van der Waals surface area contributed by atoms with E-state index in [0.717, 1.165) is 44.4 Å². The normalized spacial score (nSPS) is 16.1. The van der Waals surface area contributed by atoms with E-state index in [9.17, 15) is 0 Å². The first-order valence-corrected chi connectivity index (χ1v) is 11.7. The molecule has 2 aromatic heterocycles. The lowest BCUT2D eigenvalue weighted by Crippen LogP contribution is -2.44. The third-order valence-electron chi connectivity index (χ3n) is 5.93. The molecule has 1 saturated heterocycles. The molecule has 0 bridgehead atoms. The molecule has 1 fully saturated rings. The van der Waals surface area contributed by atoms with Crippen molar-refractivity contribution >= 4 is 5.96 Å². The summed E-state index contributed by atoms with van der Waals surface area (Å²) in [6.45, 7) is 7.25. The number of rotatable bonds is 9. The highest BCUT2D eigenvalue weighted by Crippen LogP contribution is 2.24. The van der Waals surface area contributed by atoms with Crippen molar-refractivity contribution in [2.24, 2.45) is 4.99 Å². The van der Waals surface area contributed by atoms with Gasteiger partial charge < -0.3 is 15.1 Å². The van der Waals surface area contributed by atoms with Crippen LogP contribution >= 0.6 is 0 Å². The molecule has 1 aliphatic rings. The summed E-state index contributed by atoms with van der Waals surface area (Å²) in [5, 5.41) is 11.3. The van der Waals surface area contributed by atoms with Crippen LogP contribution in [-0.4, -0.2) is 46.8 Å². The van der Waals surface area contributed by atoms with Crippen molar-refractivity contribution in [2.45, 2.75) is 45.3 Å². The zero-order valence-electron chi connectivity index (χ0n) is 18.9. The number of likely N-dealkylation sites (tertiary alicyclic amines) is 1. The Balaban J connectivity index is 1.44. The lowest BCUT2D eigenvalue weighted by atomic mass is 10.1. The van der Waals surface area contributed by atoms with Crippen LogP contribution in [0.1, 0.15) is 49.1 Å². The molecule has 1 atom stereocenters. The fourth-order valence-electron chi connectivity index (χ4n) is 4.25. The average Bonchev–Trinajstić information content (AvgIpc) is 3.54. The van der Waals surface area contributed by atoms with E-state index in [1.807, 2.05) is 29.2 Å². The highest BCUT2D eigenvalue weighted by Gasteiger charge is 2.24. The van der Waals surface area contributed by atoms with Crippen molar-refractivity contribution in [1.82, 2.24) is 25.3 Å². The quantitative estimate of drug-likeness (QED) is 0.396. The topological polar surface area (TPSA) is 70.6 Å². The second kappa shape index (κ2) is 11.5. The molecule has 0 saturated carbocycles. The highest BCUT2D eigenvalue weighted by atomic mass is 16.3. The zero-order chi connectivity index (χ0) is 22.0. The van der Waals surface area contributed by atoms with Crippen molar-refractivity contribution in [3.8, 4) is 0 Å². The Bertz CT molecular complexity index is 945. The largest absolute Gasteiger partial charge is 0.468 e. The summed E-state index contributed by atoms with van der Waals surface area (Å²) in [4.78, 5) is 7.41. The molecule has 2 N–H and O–H groups in total. The molecule has 0 radical (unpaired) electrons. The zero-order valence-corrected chi connectivity index (χ0v) is 18.9. The van der Waals surface area contributed by atoms with Crippen LogP contribution in [0.2, 0.25) is 0 Å². The van der Waals surface area contributed by atoms with Crippen molar-refractivity contribution in [2.75, 3.05) is 26.2 Å². The van der Waals surface area contributed by atoms with Gasteiger partial charge in [0.1, 0.15) is 5.76 Å². The van der Waals surface area contributed by atoms with E-state index in [-0.39, 0.29) is 6.04 Å². The van der Waals surface area contributed by atoms with Gasteiger partial charge in [0, 0.05) is 25.5 Å². The molecular weight excluding hydrogens is 400 g/mol. The van der Waals surface area contributed by atoms with Gasteiger partial charge in [0.25, 0.3) is 0 Å². The number of benzene rings is 1. The van der Waals surface area contributed by atoms with Crippen LogP contribution < -0.4 is 10.6 Å². The average molecular weight is 435 g/mol. The molecule has 1 aromatic carbocycles. The number of nitrogens with zero attached hydrogens (tertiary/aromatic N) is 4. The molecule has 170 valence electrons. The smallest absolute Gasteiger partial charge is 0.191 e. The summed E-state index contributed by atoms with van der Waals surface area (Å²) < 4.78 is 7.73. The molecule has 7 nitrogen and oxygen atoms in total. The van der Waals surface area contributed by atoms with Crippen LogP contribution in [0.15, 0.2) is 70.5 Å². The minimum atomic E-state index is 0.209. The predicted octanol–water partition coefficient (Wildman–Crippen LogP) is 3.81.